The molecule has 0 unspecified atom stereocenters. The van der Waals surface area contributed by atoms with Gasteiger partial charge in [-0.25, -0.2) is 4.39 Å². The maximum atomic E-state index is 13.8. The van der Waals surface area contributed by atoms with Crippen LogP contribution in [0.25, 0.3) is 0 Å². The third-order valence-electron chi connectivity index (χ3n) is 4.67. The average Bonchev–Trinajstić information content (AvgIpc) is 2.63. The molecule has 6 heteroatoms. The molecule has 1 fully saturated rings. The van der Waals surface area contributed by atoms with Crippen molar-refractivity contribution in [1.29, 1.82) is 0 Å². The summed E-state index contributed by atoms with van der Waals surface area (Å²) in [5.41, 5.74) is 1.46. The van der Waals surface area contributed by atoms with Crippen molar-refractivity contribution in [1.82, 2.24) is 9.88 Å². The number of halogens is 1. The number of aromatic nitrogens is 1. The lowest BCUT2D eigenvalue weighted by Gasteiger charge is -2.42. The number of rotatable bonds is 1. The highest BCUT2D eigenvalue weighted by molar-refractivity contribution is 5.94. The zero-order valence-electron chi connectivity index (χ0n) is 13.1. The normalized spacial score (nSPS) is 18.1. The van der Waals surface area contributed by atoms with E-state index in [0.717, 1.165) is 5.69 Å². The summed E-state index contributed by atoms with van der Waals surface area (Å²) in [7, 11) is 0. The summed E-state index contributed by atoms with van der Waals surface area (Å²) < 4.78 is 13.8. The number of piperidine rings is 1. The number of benzene rings is 1. The predicted molar refractivity (Wildman–Crippen MR) is 89.7 cm³/mol. The van der Waals surface area contributed by atoms with Crippen molar-refractivity contribution in [3.05, 3.63) is 59.7 Å². The second-order valence-corrected chi connectivity index (χ2v) is 6.14. The van der Waals surface area contributed by atoms with E-state index in [1.54, 1.807) is 36.8 Å². The van der Waals surface area contributed by atoms with Gasteiger partial charge in [0.1, 0.15) is 11.5 Å². The fourth-order valence-electron chi connectivity index (χ4n) is 3.26. The molecule has 1 amide bonds. The maximum absolute atomic E-state index is 13.8. The molecule has 0 aliphatic carbocycles. The van der Waals surface area contributed by atoms with Crippen LogP contribution >= 0.6 is 0 Å². The molecule has 1 saturated heterocycles. The SMILES string of the molecule is O=C(c1ccncc1)N1CCC2(CC1)N=Cc1c(F)cccc1N2. The van der Waals surface area contributed by atoms with Gasteiger partial charge in [-0.1, -0.05) is 6.07 Å². The fourth-order valence-corrected chi connectivity index (χ4v) is 3.26. The van der Waals surface area contributed by atoms with E-state index in [9.17, 15) is 9.18 Å². The Balaban J connectivity index is 1.48. The van der Waals surface area contributed by atoms with Crippen LogP contribution in [0.1, 0.15) is 28.8 Å². The first-order chi connectivity index (χ1) is 11.7. The standard InChI is InChI=1S/C18H17FN4O/c19-15-2-1-3-16-14(15)12-21-18(22-16)6-10-23(11-7-18)17(24)13-4-8-20-9-5-13/h1-5,8-9,12,22H,6-7,10-11H2. The molecule has 5 nitrogen and oxygen atoms in total. The van der Waals surface area contributed by atoms with Gasteiger partial charge in [-0.2, -0.15) is 0 Å². The Hall–Kier alpha value is -2.76. The minimum Gasteiger partial charge on any atom is -0.361 e. The lowest BCUT2D eigenvalue weighted by atomic mass is 9.94. The molecule has 1 spiro atoms. The molecule has 4 rings (SSSR count). The van der Waals surface area contributed by atoms with Crippen molar-refractivity contribution in [3.8, 4) is 0 Å². The summed E-state index contributed by atoms with van der Waals surface area (Å²) in [6.07, 6.45) is 6.24. The molecule has 0 saturated carbocycles. The number of hydrogen-bond acceptors (Lipinski definition) is 4. The zero-order chi connectivity index (χ0) is 16.6. The number of anilines is 1. The second kappa shape index (κ2) is 5.70. The quantitative estimate of drug-likeness (QED) is 0.877. The fraction of sp³-hybridized carbons (Fsp3) is 0.278. The van der Waals surface area contributed by atoms with Gasteiger partial charge in [0.2, 0.25) is 0 Å². The Morgan fingerprint density at radius 2 is 1.92 bits per heavy atom. The zero-order valence-corrected chi connectivity index (χ0v) is 13.1. The monoisotopic (exact) mass is 324 g/mol. The van der Waals surface area contributed by atoms with Crippen molar-refractivity contribution in [2.75, 3.05) is 18.4 Å². The minimum absolute atomic E-state index is 0.0125. The summed E-state index contributed by atoms with van der Waals surface area (Å²) in [5, 5.41) is 3.37. The van der Waals surface area contributed by atoms with E-state index in [1.807, 2.05) is 11.0 Å². The van der Waals surface area contributed by atoms with E-state index < -0.39 is 5.66 Å². The molecule has 1 aromatic heterocycles. The number of hydrogen-bond donors (Lipinski definition) is 1. The lowest BCUT2D eigenvalue weighted by molar-refractivity contribution is 0.0686. The van der Waals surface area contributed by atoms with Gasteiger partial charge in [0.05, 0.1) is 5.56 Å². The first-order valence-corrected chi connectivity index (χ1v) is 7.98. The van der Waals surface area contributed by atoms with Gasteiger partial charge in [0.25, 0.3) is 5.91 Å². The minimum atomic E-state index is -0.449. The van der Waals surface area contributed by atoms with Gasteiger partial charge in [-0.05, 0) is 24.3 Å². The van der Waals surface area contributed by atoms with Gasteiger partial charge in [0.15, 0.2) is 0 Å². The molecule has 1 N–H and O–H groups in total. The number of amides is 1. The van der Waals surface area contributed by atoms with Crippen molar-refractivity contribution < 1.29 is 9.18 Å². The summed E-state index contributed by atoms with van der Waals surface area (Å²) >= 11 is 0. The van der Waals surface area contributed by atoms with Crippen LogP contribution in [0, 0.1) is 5.82 Å². The number of nitrogens with zero attached hydrogens (tertiary/aromatic N) is 3. The van der Waals surface area contributed by atoms with Crippen LogP contribution in [0.5, 0.6) is 0 Å². The highest BCUT2D eigenvalue weighted by Crippen LogP contribution is 2.34. The highest BCUT2D eigenvalue weighted by atomic mass is 19.1. The largest absolute Gasteiger partial charge is 0.361 e. The Morgan fingerprint density at radius 3 is 2.67 bits per heavy atom. The first-order valence-electron chi connectivity index (χ1n) is 7.98. The molecular formula is C18H17FN4O. The molecule has 24 heavy (non-hydrogen) atoms. The molecule has 1 aromatic carbocycles. The third kappa shape index (κ3) is 2.54. The smallest absolute Gasteiger partial charge is 0.253 e. The van der Waals surface area contributed by atoms with Crippen LogP contribution < -0.4 is 5.32 Å². The van der Waals surface area contributed by atoms with Crippen molar-refractivity contribution >= 4 is 17.8 Å². The molecule has 122 valence electrons. The summed E-state index contributed by atoms with van der Waals surface area (Å²) in [5.74, 6) is -0.262. The molecule has 2 aromatic rings. The topological polar surface area (TPSA) is 57.6 Å². The lowest BCUT2D eigenvalue weighted by Crippen LogP contribution is -2.50. The number of carbonyl (C=O) groups excluding carboxylic acids is 1. The van der Waals surface area contributed by atoms with Crippen LogP contribution in [0.3, 0.4) is 0 Å². The van der Waals surface area contributed by atoms with Crippen LogP contribution in [0.4, 0.5) is 10.1 Å². The number of likely N-dealkylation sites (tertiary alicyclic amines) is 1. The molecule has 0 bridgehead atoms. The predicted octanol–water partition coefficient (Wildman–Crippen LogP) is 2.70. The second-order valence-electron chi connectivity index (χ2n) is 6.14. The van der Waals surface area contributed by atoms with Gasteiger partial charge in [-0.3, -0.25) is 14.8 Å². The summed E-state index contributed by atoms with van der Waals surface area (Å²) in [6, 6.07) is 8.43. The van der Waals surface area contributed by atoms with Gasteiger partial charge < -0.3 is 10.2 Å². The Kier molecular flexibility index (Phi) is 3.52. The first kappa shape index (κ1) is 14.8. The Morgan fingerprint density at radius 1 is 1.17 bits per heavy atom. The van der Waals surface area contributed by atoms with E-state index in [1.165, 1.54) is 6.07 Å². The van der Waals surface area contributed by atoms with Gasteiger partial charge in [0, 0.05) is 55.8 Å². The molecule has 3 heterocycles. The number of carbonyl (C=O) groups is 1. The van der Waals surface area contributed by atoms with E-state index in [-0.39, 0.29) is 11.7 Å². The molecule has 2 aliphatic heterocycles. The van der Waals surface area contributed by atoms with E-state index >= 15 is 0 Å². The van der Waals surface area contributed by atoms with Gasteiger partial charge >= 0.3 is 0 Å². The van der Waals surface area contributed by atoms with Gasteiger partial charge in [-0.15, -0.1) is 0 Å². The number of fused-ring (bicyclic) bond motifs is 1. The third-order valence-corrected chi connectivity index (χ3v) is 4.67. The molecule has 0 radical (unpaired) electrons. The Bertz CT molecular complexity index is 798. The van der Waals surface area contributed by atoms with Crippen LogP contribution in [0.2, 0.25) is 0 Å². The Labute approximate surface area is 139 Å². The summed E-state index contributed by atoms with van der Waals surface area (Å²) in [6.45, 7) is 1.21. The van der Waals surface area contributed by atoms with Crippen LogP contribution in [-0.4, -0.2) is 40.8 Å². The highest BCUT2D eigenvalue weighted by Gasteiger charge is 2.37. The average molecular weight is 324 g/mol. The van der Waals surface area contributed by atoms with Crippen molar-refractivity contribution in [3.63, 3.8) is 0 Å². The van der Waals surface area contributed by atoms with Crippen molar-refractivity contribution in [2.24, 2.45) is 4.99 Å². The van der Waals surface area contributed by atoms with E-state index in [0.29, 0.717) is 37.1 Å². The number of pyridine rings is 1. The van der Waals surface area contributed by atoms with E-state index in [4.69, 9.17) is 0 Å². The summed E-state index contributed by atoms with van der Waals surface area (Å²) in [4.78, 5) is 22.8. The van der Waals surface area contributed by atoms with Crippen LogP contribution in [-0.2, 0) is 0 Å². The number of aliphatic imine (C=N–C) groups is 1. The maximum Gasteiger partial charge on any atom is 0.253 e. The molecular weight excluding hydrogens is 307 g/mol. The van der Waals surface area contributed by atoms with E-state index in [2.05, 4.69) is 15.3 Å². The molecule has 0 atom stereocenters. The van der Waals surface area contributed by atoms with Crippen molar-refractivity contribution in [2.45, 2.75) is 18.5 Å². The number of nitrogens with one attached hydrogen (secondary N) is 1. The van der Waals surface area contributed by atoms with Crippen LogP contribution in [0.15, 0.2) is 47.7 Å². The molecule has 2 aliphatic rings.